The van der Waals surface area contributed by atoms with Gasteiger partial charge in [-0.2, -0.15) is 0 Å². The van der Waals surface area contributed by atoms with Crippen molar-refractivity contribution >= 4 is 6.03 Å². The number of carbonyl (C=O) groups excluding carboxylic acids is 1. The summed E-state index contributed by atoms with van der Waals surface area (Å²) in [6.07, 6.45) is 0. The molecule has 0 saturated carbocycles. The maximum atomic E-state index is 10.3. The molecule has 0 fully saturated rings. The number of urea groups is 1. The third-order valence-electron chi connectivity index (χ3n) is 0.917. The van der Waals surface area contributed by atoms with Crippen LogP contribution < -0.4 is 5.48 Å². The minimum Gasteiger partial charge on any atom is -0.326 e. The Hall–Kier alpha value is -0.770. The molecule has 0 heterocycles. The second-order valence-corrected chi connectivity index (χ2v) is 1.43. The van der Waals surface area contributed by atoms with E-state index in [1.807, 2.05) is 6.92 Å². The van der Waals surface area contributed by atoms with Gasteiger partial charge in [-0.15, -0.1) is 0 Å². The molecule has 0 aliphatic heterocycles. The lowest BCUT2D eigenvalue weighted by Crippen LogP contribution is -2.34. The normalized spacial score (nSPS) is 8.38. The predicted molar refractivity (Wildman–Crippen MR) is 28.6 cm³/mol. The molecule has 0 spiro atoms. The van der Waals surface area contributed by atoms with Gasteiger partial charge in [0.05, 0.1) is 0 Å². The lowest BCUT2D eigenvalue weighted by atomic mass is 10.6. The summed E-state index contributed by atoms with van der Waals surface area (Å²) in [4.78, 5) is 11.7. The molecule has 48 valence electrons. The third kappa shape index (κ3) is 1.79. The Balaban J connectivity index is 3.46. The van der Waals surface area contributed by atoms with E-state index in [1.165, 1.54) is 10.4 Å². The molecular weight excluding hydrogens is 108 g/mol. The Labute approximate surface area is 48.1 Å². The molecule has 0 rings (SSSR count). The Morgan fingerprint density at radius 1 is 1.88 bits per heavy atom. The molecule has 0 saturated heterocycles. The van der Waals surface area contributed by atoms with Crippen LogP contribution in [-0.2, 0) is 0 Å². The van der Waals surface area contributed by atoms with Crippen LogP contribution in [0.3, 0.4) is 0 Å². The van der Waals surface area contributed by atoms with E-state index in [9.17, 15) is 4.79 Å². The molecule has 4 heteroatoms. The summed E-state index contributed by atoms with van der Waals surface area (Å²) in [5.74, 6) is 0. The van der Waals surface area contributed by atoms with Crippen LogP contribution in [0.25, 0.3) is 0 Å². The van der Waals surface area contributed by atoms with Gasteiger partial charge in [-0.05, 0) is 6.92 Å². The number of carbonyl (C=O) groups is 1. The maximum Gasteiger partial charge on any atom is 0.340 e. The Morgan fingerprint density at radius 3 is 2.50 bits per heavy atom. The van der Waals surface area contributed by atoms with Crippen molar-refractivity contribution in [2.75, 3.05) is 13.6 Å². The van der Waals surface area contributed by atoms with Crippen molar-refractivity contribution in [1.29, 1.82) is 0 Å². The summed E-state index contributed by atoms with van der Waals surface area (Å²) in [6, 6.07) is -0.479. The second-order valence-electron chi connectivity index (χ2n) is 1.43. The number of rotatable bonds is 1. The molecule has 0 aliphatic rings. The fourth-order valence-corrected chi connectivity index (χ4v) is 0.229. The van der Waals surface area contributed by atoms with Gasteiger partial charge < -0.3 is 4.90 Å². The smallest absolute Gasteiger partial charge is 0.326 e. The van der Waals surface area contributed by atoms with Gasteiger partial charge in [0.1, 0.15) is 0 Å². The quantitative estimate of drug-likeness (QED) is 0.377. The average Bonchev–Trinajstić information content (AvgIpc) is 1.84. The number of hydrogen-bond donors (Lipinski definition) is 2. The van der Waals surface area contributed by atoms with Gasteiger partial charge >= 0.3 is 6.03 Å². The van der Waals surface area contributed by atoms with Crippen molar-refractivity contribution in [3.8, 4) is 0 Å². The van der Waals surface area contributed by atoms with Gasteiger partial charge in [-0.1, -0.05) is 0 Å². The molecule has 0 aromatic rings. The zero-order chi connectivity index (χ0) is 6.57. The largest absolute Gasteiger partial charge is 0.340 e. The fourth-order valence-electron chi connectivity index (χ4n) is 0.229. The van der Waals surface area contributed by atoms with Gasteiger partial charge in [-0.3, -0.25) is 5.21 Å². The zero-order valence-corrected chi connectivity index (χ0v) is 5.01. The van der Waals surface area contributed by atoms with E-state index in [0.717, 1.165) is 0 Å². The van der Waals surface area contributed by atoms with Crippen LogP contribution in [0.2, 0.25) is 0 Å². The van der Waals surface area contributed by atoms with Crippen LogP contribution in [0, 0.1) is 0 Å². The van der Waals surface area contributed by atoms with Crippen LogP contribution in [0.4, 0.5) is 4.79 Å². The first-order valence-electron chi connectivity index (χ1n) is 2.37. The molecule has 0 aromatic carbocycles. The molecule has 8 heavy (non-hydrogen) atoms. The lowest BCUT2D eigenvalue weighted by Gasteiger charge is -2.11. The van der Waals surface area contributed by atoms with E-state index in [0.29, 0.717) is 6.54 Å². The molecule has 2 N–H and O–H groups in total. The average molecular weight is 118 g/mol. The Morgan fingerprint density at radius 2 is 2.38 bits per heavy atom. The highest BCUT2D eigenvalue weighted by Crippen LogP contribution is 1.78. The number of hydroxylamine groups is 1. The van der Waals surface area contributed by atoms with E-state index in [1.54, 1.807) is 7.05 Å². The minimum atomic E-state index is -0.479. The zero-order valence-electron chi connectivity index (χ0n) is 5.01. The Bertz CT molecular complexity index is 84.1. The first-order chi connectivity index (χ1) is 3.72. The van der Waals surface area contributed by atoms with E-state index in [4.69, 9.17) is 5.21 Å². The highest BCUT2D eigenvalue weighted by molar-refractivity contribution is 5.72. The molecule has 0 aliphatic carbocycles. The van der Waals surface area contributed by atoms with E-state index < -0.39 is 6.03 Å². The lowest BCUT2D eigenvalue weighted by molar-refractivity contribution is 0.137. The fraction of sp³-hybridized carbons (Fsp3) is 0.750. The van der Waals surface area contributed by atoms with E-state index in [-0.39, 0.29) is 0 Å². The van der Waals surface area contributed by atoms with Crippen LogP contribution >= 0.6 is 0 Å². The SMILES string of the molecule is CCN(C)C(=O)NO. The first-order valence-corrected chi connectivity index (χ1v) is 2.37. The van der Waals surface area contributed by atoms with Crippen LogP contribution in [0.1, 0.15) is 6.92 Å². The molecule has 2 amide bonds. The van der Waals surface area contributed by atoms with Gasteiger partial charge in [0.2, 0.25) is 0 Å². The summed E-state index contributed by atoms with van der Waals surface area (Å²) in [7, 11) is 1.59. The maximum absolute atomic E-state index is 10.3. The van der Waals surface area contributed by atoms with Crippen molar-refractivity contribution < 1.29 is 10.0 Å². The summed E-state index contributed by atoms with van der Waals surface area (Å²) in [6.45, 7) is 2.40. The predicted octanol–water partition coefficient (Wildman–Crippen LogP) is 0.0369. The van der Waals surface area contributed by atoms with Crippen molar-refractivity contribution in [2.45, 2.75) is 6.92 Å². The van der Waals surface area contributed by atoms with Crippen LogP contribution in [0.5, 0.6) is 0 Å². The standard InChI is InChI=1S/C4H10N2O2/c1-3-6(2)4(7)5-8/h8H,3H2,1-2H3,(H,5,7). The highest BCUT2D eigenvalue weighted by atomic mass is 16.5. The highest BCUT2D eigenvalue weighted by Gasteiger charge is 2.00. The van der Waals surface area contributed by atoms with Crippen LogP contribution in [-0.4, -0.2) is 29.7 Å². The summed E-state index contributed by atoms with van der Waals surface area (Å²) in [5.41, 5.74) is 1.50. The Kier molecular flexibility index (Phi) is 2.95. The van der Waals surface area contributed by atoms with Gasteiger partial charge in [0.25, 0.3) is 0 Å². The molecule has 0 unspecified atom stereocenters. The van der Waals surface area contributed by atoms with Crippen molar-refractivity contribution in [3.05, 3.63) is 0 Å². The minimum absolute atomic E-state index is 0.479. The van der Waals surface area contributed by atoms with Crippen molar-refractivity contribution in [3.63, 3.8) is 0 Å². The topological polar surface area (TPSA) is 52.6 Å². The monoisotopic (exact) mass is 118 g/mol. The van der Waals surface area contributed by atoms with Crippen LogP contribution in [0.15, 0.2) is 0 Å². The van der Waals surface area contributed by atoms with E-state index >= 15 is 0 Å². The van der Waals surface area contributed by atoms with Gasteiger partial charge in [0, 0.05) is 13.6 Å². The molecule has 0 radical (unpaired) electrons. The van der Waals surface area contributed by atoms with Gasteiger partial charge in [0.15, 0.2) is 0 Å². The summed E-state index contributed by atoms with van der Waals surface area (Å²) < 4.78 is 0. The first kappa shape index (κ1) is 7.23. The molecular formula is C4H10N2O2. The molecule has 4 nitrogen and oxygen atoms in total. The third-order valence-corrected chi connectivity index (χ3v) is 0.917. The number of nitrogens with one attached hydrogen (secondary N) is 1. The summed E-state index contributed by atoms with van der Waals surface area (Å²) in [5, 5.41) is 8.00. The molecule has 0 aromatic heterocycles. The molecule has 0 bridgehead atoms. The van der Waals surface area contributed by atoms with E-state index in [2.05, 4.69) is 0 Å². The molecule has 0 atom stereocenters. The number of hydrogen-bond acceptors (Lipinski definition) is 2. The summed E-state index contributed by atoms with van der Waals surface area (Å²) >= 11 is 0. The van der Waals surface area contributed by atoms with Crippen molar-refractivity contribution in [2.24, 2.45) is 0 Å². The number of amides is 2. The van der Waals surface area contributed by atoms with Gasteiger partial charge in [-0.25, -0.2) is 10.3 Å². The number of nitrogens with zero attached hydrogens (tertiary/aromatic N) is 1. The second kappa shape index (κ2) is 3.26. The van der Waals surface area contributed by atoms with Crippen molar-refractivity contribution in [1.82, 2.24) is 10.4 Å².